The lowest BCUT2D eigenvalue weighted by molar-refractivity contribution is 0.0872. The number of nitrogens with zero attached hydrogens (tertiary/aromatic N) is 3. The Kier molecular flexibility index (Phi) is 5.40. The summed E-state index contributed by atoms with van der Waals surface area (Å²) >= 11 is 0. The van der Waals surface area contributed by atoms with E-state index >= 15 is 0 Å². The Morgan fingerprint density at radius 3 is 2.70 bits per heavy atom. The summed E-state index contributed by atoms with van der Waals surface area (Å²) in [6, 6.07) is 7.46. The average molecular weight is 370 g/mol. The third-order valence-corrected chi connectivity index (χ3v) is 5.48. The number of nitrogens with one attached hydrogen (secondary N) is 1. The van der Waals surface area contributed by atoms with Crippen molar-refractivity contribution in [3.63, 3.8) is 0 Å². The van der Waals surface area contributed by atoms with Crippen molar-refractivity contribution in [2.75, 3.05) is 31.2 Å². The molecule has 0 radical (unpaired) electrons. The summed E-state index contributed by atoms with van der Waals surface area (Å²) in [5.74, 6) is 0.207. The number of aliphatic hydroxyl groups is 1. The SMILES string of the molecule is O=C(N[C@@H]1CC(Cn2ccnc2)C[C@H]1O)c1ccc(N2CCOCC2)cc1. The number of amides is 1. The number of ether oxygens (including phenoxy) is 1. The van der Waals surface area contributed by atoms with Crippen molar-refractivity contribution in [2.24, 2.45) is 5.92 Å². The molecule has 2 N–H and O–H groups in total. The monoisotopic (exact) mass is 370 g/mol. The fraction of sp³-hybridized carbons (Fsp3) is 0.500. The van der Waals surface area contributed by atoms with Crippen LogP contribution in [-0.4, -0.2) is 59.0 Å². The van der Waals surface area contributed by atoms with Gasteiger partial charge in [-0.15, -0.1) is 0 Å². The normalized spacial score (nSPS) is 25.5. The molecule has 1 aliphatic carbocycles. The summed E-state index contributed by atoms with van der Waals surface area (Å²) in [5, 5.41) is 13.3. The summed E-state index contributed by atoms with van der Waals surface area (Å²) in [7, 11) is 0. The fourth-order valence-electron chi connectivity index (χ4n) is 4.01. The highest BCUT2D eigenvalue weighted by Crippen LogP contribution is 2.28. The molecule has 2 fully saturated rings. The number of hydrogen-bond donors (Lipinski definition) is 2. The summed E-state index contributed by atoms with van der Waals surface area (Å²) in [6.07, 6.45) is 6.43. The van der Waals surface area contributed by atoms with E-state index in [4.69, 9.17) is 4.74 Å². The highest BCUT2D eigenvalue weighted by Gasteiger charge is 2.34. The molecule has 27 heavy (non-hydrogen) atoms. The van der Waals surface area contributed by atoms with Gasteiger partial charge in [-0.3, -0.25) is 4.79 Å². The zero-order chi connectivity index (χ0) is 18.6. The van der Waals surface area contributed by atoms with Gasteiger partial charge >= 0.3 is 0 Å². The predicted molar refractivity (Wildman–Crippen MR) is 102 cm³/mol. The van der Waals surface area contributed by atoms with Crippen LogP contribution in [0.1, 0.15) is 23.2 Å². The number of anilines is 1. The van der Waals surface area contributed by atoms with E-state index in [1.54, 1.807) is 12.5 Å². The van der Waals surface area contributed by atoms with Crippen molar-refractivity contribution >= 4 is 11.6 Å². The van der Waals surface area contributed by atoms with E-state index in [9.17, 15) is 9.90 Å². The lowest BCUT2D eigenvalue weighted by Gasteiger charge is -2.28. The molecule has 7 nitrogen and oxygen atoms in total. The smallest absolute Gasteiger partial charge is 0.251 e. The van der Waals surface area contributed by atoms with E-state index in [0.29, 0.717) is 17.9 Å². The van der Waals surface area contributed by atoms with Crippen LogP contribution < -0.4 is 10.2 Å². The van der Waals surface area contributed by atoms with Crippen molar-refractivity contribution in [3.05, 3.63) is 48.5 Å². The number of hydrogen-bond acceptors (Lipinski definition) is 5. The molecule has 7 heteroatoms. The van der Waals surface area contributed by atoms with E-state index in [2.05, 4.69) is 15.2 Å². The maximum Gasteiger partial charge on any atom is 0.251 e. The lowest BCUT2D eigenvalue weighted by Crippen LogP contribution is -2.40. The number of morpholine rings is 1. The molecule has 1 unspecified atom stereocenters. The zero-order valence-corrected chi connectivity index (χ0v) is 15.3. The number of benzene rings is 1. The third-order valence-electron chi connectivity index (χ3n) is 5.48. The van der Waals surface area contributed by atoms with Crippen molar-refractivity contribution < 1.29 is 14.6 Å². The van der Waals surface area contributed by atoms with Crippen LogP contribution in [0.3, 0.4) is 0 Å². The average Bonchev–Trinajstić information content (AvgIpc) is 3.33. The summed E-state index contributed by atoms with van der Waals surface area (Å²) in [6.45, 7) is 4.04. The predicted octanol–water partition coefficient (Wildman–Crippen LogP) is 1.29. The van der Waals surface area contributed by atoms with Crippen molar-refractivity contribution in [2.45, 2.75) is 31.5 Å². The molecular formula is C20H26N4O3. The summed E-state index contributed by atoms with van der Waals surface area (Å²) in [4.78, 5) is 18.9. The number of rotatable bonds is 5. The lowest BCUT2D eigenvalue weighted by atomic mass is 10.1. The van der Waals surface area contributed by atoms with Crippen LogP contribution in [0.5, 0.6) is 0 Å². The number of imidazole rings is 1. The van der Waals surface area contributed by atoms with E-state index in [1.165, 1.54) is 0 Å². The molecule has 0 spiro atoms. The maximum atomic E-state index is 12.6. The van der Waals surface area contributed by atoms with Gasteiger partial charge in [0.05, 0.1) is 31.7 Å². The van der Waals surface area contributed by atoms with Crippen LogP contribution >= 0.6 is 0 Å². The molecule has 144 valence electrons. The first-order valence-corrected chi connectivity index (χ1v) is 9.56. The van der Waals surface area contributed by atoms with Crippen molar-refractivity contribution in [3.8, 4) is 0 Å². The molecule has 1 aliphatic heterocycles. The van der Waals surface area contributed by atoms with Gasteiger partial charge in [-0.2, -0.15) is 0 Å². The van der Waals surface area contributed by atoms with Gasteiger partial charge in [-0.1, -0.05) is 0 Å². The van der Waals surface area contributed by atoms with Gasteiger partial charge in [0.2, 0.25) is 0 Å². The van der Waals surface area contributed by atoms with Crippen LogP contribution in [0.4, 0.5) is 5.69 Å². The topological polar surface area (TPSA) is 79.6 Å². The second kappa shape index (κ2) is 8.10. The van der Waals surface area contributed by atoms with Crippen LogP contribution in [0.25, 0.3) is 0 Å². The highest BCUT2D eigenvalue weighted by molar-refractivity contribution is 5.94. The van der Waals surface area contributed by atoms with Gasteiger partial charge in [0, 0.05) is 43.3 Å². The standard InChI is InChI=1S/C20H26N4O3/c25-19-12-15(13-23-6-5-21-14-23)11-18(19)22-20(26)16-1-3-17(4-2-16)24-7-9-27-10-8-24/h1-6,14-15,18-19,25H,7-13H2,(H,22,26)/t15?,18-,19-/m1/s1. The Morgan fingerprint density at radius 2 is 2.00 bits per heavy atom. The maximum absolute atomic E-state index is 12.6. The van der Waals surface area contributed by atoms with Gasteiger partial charge in [-0.25, -0.2) is 4.98 Å². The van der Waals surface area contributed by atoms with E-state index in [0.717, 1.165) is 45.0 Å². The van der Waals surface area contributed by atoms with E-state index < -0.39 is 6.10 Å². The molecule has 0 bridgehead atoms. The zero-order valence-electron chi connectivity index (χ0n) is 15.3. The Labute approximate surface area is 159 Å². The molecular weight excluding hydrogens is 344 g/mol. The van der Waals surface area contributed by atoms with Crippen molar-refractivity contribution in [1.29, 1.82) is 0 Å². The summed E-state index contributed by atoms with van der Waals surface area (Å²) in [5.41, 5.74) is 1.73. The summed E-state index contributed by atoms with van der Waals surface area (Å²) < 4.78 is 7.39. The number of carbonyl (C=O) groups is 1. The third kappa shape index (κ3) is 4.31. The quantitative estimate of drug-likeness (QED) is 0.829. The second-order valence-electron chi connectivity index (χ2n) is 7.39. The first-order valence-electron chi connectivity index (χ1n) is 9.56. The van der Waals surface area contributed by atoms with Gasteiger partial charge in [0.25, 0.3) is 5.91 Å². The van der Waals surface area contributed by atoms with E-state index in [1.807, 2.05) is 35.0 Å². The van der Waals surface area contributed by atoms with Crippen LogP contribution in [0.2, 0.25) is 0 Å². The Morgan fingerprint density at radius 1 is 1.22 bits per heavy atom. The molecule has 3 atom stereocenters. The van der Waals surface area contributed by atoms with E-state index in [-0.39, 0.29) is 11.9 Å². The fourth-order valence-corrected chi connectivity index (χ4v) is 4.01. The molecule has 1 saturated carbocycles. The molecule has 1 aromatic carbocycles. The Bertz CT molecular complexity index is 741. The molecule has 4 rings (SSSR count). The Balaban J connectivity index is 1.33. The van der Waals surface area contributed by atoms with Gasteiger partial charge < -0.3 is 24.6 Å². The minimum Gasteiger partial charge on any atom is -0.391 e. The van der Waals surface area contributed by atoms with Gasteiger partial charge in [0.15, 0.2) is 0 Å². The van der Waals surface area contributed by atoms with Crippen LogP contribution in [-0.2, 0) is 11.3 Å². The molecule has 2 aliphatic rings. The Hall–Kier alpha value is -2.38. The number of carbonyl (C=O) groups excluding carboxylic acids is 1. The molecule has 2 aromatic rings. The first-order chi connectivity index (χ1) is 13.2. The first kappa shape index (κ1) is 18.0. The van der Waals surface area contributed by atoms with Crippen LogP contribution in [0.15, 0.2) is 43.0 Å². The van der Waals surface area contributed by atoms with Crippen molar-refractivity contribution in [1.82, 2.24) is 14.9 Å². The van der Waals surface area contributed by atoms with Crippen LogP contribution in [0, 0.1) is 5.92 Å². The minimum absolute atomic E-state index is 0.129. The minimum atomic E-state index is -0.505. The molecule has 1 saturated heterocycles. The number of aliphatic hydroxyl groups excluding tert-OH is 1. The highest BCUT2D eigenvalue weighted by atomic mass is 16.5. The number of aromatic nitrogens is 2. The molecule has 1 aromatic heterocycles. The van der Waals surface area contributed by atoms with Gasteiger partial charge in [0.1, 0.15) is 0 Å². The second-order valence-corrected chi connectivity index (χ2v) is 7.39. The molecule has 2 heterocycles. The molecule has 1 amide bonds. The van der Waals surface area contributed by atoms with Gasteiger partial charge in [-0.05, 0) is 43.0 Å². The largest absolute Gasteiger partial charge is 0.391 e.